The van der Waals surface area contributed by atoms with Gasteiger partial charge in [0.05, 0.1) is 12.1 Å². The third-order valence-electron chi connectivity index (χ3n) is 0.341. The summed E-state index contributed by atoms with van der Waals surface area (Å²) in [7, 11) is 0. The molecule has 0 amide bonds. The van der Waals surface area contributed by atoms with E-state index in [-0.39, 0.29) is 59.6 Å². The summed E-state index contributed by atoms with van der Waals surface area (Å²) in [5.41, 5.74) is 0. The molecule has 0 aromatic carbocycles. The van der Waals surface area contributed by atoms with Crippen LogP contribution >= 0.6 is 0 Å². The SMILES string of the molecule is CC(O)C(=O)[O-].O.O.O.O.[Ca+2]. The first-order valence-electron chi connectivity index (χ1n) is 1.53. The predicted octanol–water partition coefficient (Wildman–Crippen LogP) is -5.56. The van der Waals surface area contributed by atoms with Crippen LogP contribution < -0.4 is 5.11 Å². The van der Waals surface area contributed by atoms with Gasteiger partial charge in [0, 0.05) is 0 Å². The Hall–Kier alpha value is 0.530. The molecule has 1 unspecified atom stereocenters. The van der Waals surface area contributed by atoms with E-state index in [0.29, 0.717) is 0 Å². The van der Waals surface area contributed by atoms with Crippen LogP contribution in [-0.2, 0) is 4.79 Å². The Bertz CT molecular complexity index is 64.7. The second-order valence-electron chi connectivity index (χ2n) is 0.995. The molecular weight excluding hydrogens is 188 g/mol. The maximum atomic E-state index is 9.34. The maximum Gasteiger partial charge on any atom is 2.00 e. The number of rotatable bonds is 1. The molecule has 0 fully saturated rings. The molecule has 68 valence electrons. The summed E-state index contributed by atoms with van der Waals surface area (Å²) >= 11 is 0. The van der Waals surface area contributed by atoms with Gasteiger partial charge in [-0.15, -0.1) is 0 Å². The summed E-state index contributed by atoms with van der Waals surface area (Å²) in [5.74, 6) is -1.44. The van der Waals surface area contributed by atoms with Gasteiger partial charge < -0.3 is 36.9 Å². The van der Waals surface area contributed by atoms with Crippen molar-refractivity contribution in [3.63, 3.8) is 0 Å². The average molecular weight is 201 g/mol. The number of aliphatic hydroxyl groups is 1. The van der Waals surface area contributed by atoms with Crippen molar-refractivity contribution in [1.82, 2.24) is 0 Å². The first kappa shape index (κ1) is 41.8. The average Bonchev–Trinajstić information content (AvgIpc) is 1.36. The number of hydrogen-bond acceptors (Lipinski definition) is 3. The first-order valence-corrected chi connectivity index (χ1v) is 1.53. The molecule has 7 nitrogen and oxygen atoms in total. The fraction of sp³-hybridized carbons (Fsp3) is 0.667. The van der Waals surface area contributed by atoms with Gasteiger partial charge in [0.2, 0.25) is 0 Å². The van der Waals surface area contributed by atoms with Crippen molar-refractivity contribution in [2.45, 2.75) is 13.0 Å². The van der Waals surface area contributed by atoms with Gasteiger partial charge in [0.25, 0.3) is 0 Å². The van der Waals surface area contributed by atoms with E-state index in [1.54, 1.807) is 0 Å². The van der Waals surface area contributed by atoms with E-state index in [1.807, 2.05) is 0 Å². The molecule has 0 aliphatic rings. The van der Waals surface area contributed by atoms with Crippen molar-refractivity contribution < 1.29 is 36.9 Å². The van der Waals surface area contributed by atoms with Crippen molar-refractivity contribution in [3.05, 3.63) is 0 Å². The predicted molar refractivity (Wildman–Crippen MR) is 36.9 cm³/mol. The van der Waals surface area contributed by atoms with Crippen LogP contribution in [0, 0.1) is 0 Å². The zero-order valence-electron chi connectivity index (χ0n) is 6.05. The summed E-state index contributed by atoms with van der Waals surface area (Å²) in [5, 5.41) is 17.3. The van der Waals surface area contributed by atoms with E-state index < -0.39 is 12.1 Å². The summed E-state index contributed by atoms with van der Waals surface area (Å²) in [4.78, 5) is 9.34. The fourth-order valence-electron chi connectivity index (χ4n) is 0. The van der Waals surface area contributed by atoms with E-state index >= 15 is 0 Å². The fourth-order valence-corrected chi connectivity index (χ4v) is 0. The molecule has 0 saturated heterocycles. The van der Waals surface area contributed by atoms with E-state index in [2.05, 4.69) is 0 Å². The number of carbonyl (C=O) groups excluding carboxylic acids is 1. The second-order valence-corrected chi connectivity index (χ2v) is 0.995. The van der Waals surface area contributed by atoms with Crippen LogP contribution in [0.5, 0.6) is 0 Å². The molecule has 0 heterocycles. The van der Waals surface area contributed by atoms with Gasteiger partial charge >= 0.3 is 37.7 Å². The number of aliphatic carboxylic acids is 1. The van der Waals surface area contributed by atoms with Crippen molar-refractivity contribution in [2.24, 2.45) is 0 Å². The monoisotopic (exact) mass is 201 g/mol. The molecular formula is C3H13CaO7+. The molecule has 0 aromatic rings. The van der Waals surface area contributed by atoms with Crippen LogP contribution in [0.4, 0.5) is 0 Å². The molecule has 8 heteroatoms. The smallest absolute Gasteiger partial charge is 0.547 e. The molecule has 9 N–H and O–H groups in total. The molecule has 1 atom stereocenters. The Balaban J connectivity index is -0.0000000125. The second kappa shape index (κ2) is 22.4. The minimum Gasteiger partial charge on any atom is -0.547 e. The Labute approximate surface area is 93.3 Å². The Morgan fingerprint density at radius 1 is 1.27 bits per heavy atom. The van der Waals surface area contributed by atoms with E-state index in [0.717, 1.165) is 6.92 Å². The topological polar surface area (TPSA) is 186 Å². The molecule has 0 rings (SSSR count). The molecule has 0 spiro atoms. The number of carbonyl (C=O) groups is 1. The normalized spacial score (nSPS) is 7.45. The van der Waals surface area contributed by atoms with Gasteiger partial charge in [-0.2, -0.15) is 0 Å². The van der Waals surface area contributed by atoms with Gasteiger partial charge in [-0.05, 0) is 6.92 Å². The van der Waals surface area contributed by atoms with Crippen molar-refractivity contribution in [3.8, 4) is 0 Å². The van der Waals surface area contributed by atoms with Gasteiger partial charge in [0.15, 0.2) is 0 Å². The van der Waals surface area contributed by atoms with Crippen LogP contribution in [0.1, 0.15) is 6.92 Å². The van der Waals surface area contributed by atoms with E-state index in [4.69, 9.17) is 5.11 Å². The Kier molecular flexibility index (Phi) is 85.2. The minimum atomic E-state index is -1.44. The first-order chi connectivity index (χ1) is 2.64. The summed E-state index contributed by atoms with van der Waals surface area (Å²) < 4.78 is 0. The standard InChI is InChI=1S/C3H6O3.Ca.4H2O/c1-2(4)3(5)6;;;;;/h2,4H,1H3,(H,5,6);;4*1H2/q;+2;;;;/p-1. The van der Waals surface area contributed by atoms with Gasteiger partial charge in [0.1, 0.15) is 0 Å². The van der Waals surface area contributed by atoms with Crippen molar-refractivity contribution in [2.75, 3.05) is 0 Å². The quantitative estimate of drug-likeness (QED) is 0.415. The maximum absolute atomic E-state index is 9.34. The van der Waals surface area contributed by atoms with Crippen LogP contribution in [0.2, 0.25) is 0 Å². The third-order valence-corrected chi connectivity index (χ3v) is 0.341. The Morgan fingerprint density at radius 3 is 1.36 bits per heavy atom. The zero-order chi connectivity index (χ0) is 5.15. The van der Waals surface area contributed by atoms with Crippen molar-refractivity contribution in [1.29, 1.82) is 0 Å². The van der Waals surface area contributed by atoms with E-state index in [1.165, 1.54) is 0 Å². The number of carboxylic acid groups (broad SMARTS) is 1. The molecule has 11 heavy (non-hydrogen) atoms. The summed E-state index contributed by atoms with van der Waals surface area (Å²) in [6.07, 6.45) is -1.34. The third kappa shape index (κ3) is 37.3. The summed E-state index contributed by atoms with van der Waals surface area (Å²) in [6, 6.07) is 0. The van der Waals surface area contributed by atoms with Gasteiger partial charge in [-0.25, -0.2) is 0 Å². The molecule has 0 saturated carbocycles. The van der Waals surface area contributed by atoms with E-state index in [9.17, 15) is 9.90 Å². The largest absolute Gasteiger partial charge is 2.00 e. The minimum absolute atomic E-state index is 0. The van der Waals surface area contributed by atoms with Gasteiger partial charge in [-0.3, -0.25) is 0 Å². The van der Waals surface area contributed by atoms with Crippen molar-refractivity contribution >= 4 is 43.7 Å². The summed E-state index contributed by atoms with van der Waals surface area (Å²) in [6.45, 7) is 1.13. The van der Waals surface area contributed by atoms with Gasteiger partial charge in [-0.1, -0.05) is 0 Å². The number of hydrogen-bond donors (Lipinski definition) is 1. The van der Waals surface area contributed by atoms with Crippen LogP contribution in [-0.4, -0.2) is 76.8 Å². The molecule has 0 aromatic heterocycles. The number of aliphatic hydroxyl groups excluding tert-OH is 1. The molecule has 0 aliphatic carbocycles. The molecule has 0 bridgehead atoms. The van der Waals surface area contributed by atoms with Crippen LogP contribution in [0.25, 0.3) is 0 Å². The molecule has 0 aliphatic heterocycles. The Morgan fingerprint density at radius 2 is 1.36 bits per heavy atom. The van der Waals surface area contributed by atoms with Crippen LogP contribution in [0.3, 0.4) is 0 Å². The molecule has 0 radical (unpaired) electrons. The number of carboxylic acids is 1. The zero-order valence-corrected chi connectivity index (χ0v) is 8.26. The van der Waals surface area contributed by atoms with Crippen LogP contribution in [0.15, 0.2) is 0 Å².